The van der Waals surface area contributed by atoms with Gasteiger partial charge in [0.2, 0.25) is 0 Å². The lowest BCUT2D eigenvalue weighted by Gasteiger charge is -2.14. The number of carbonyl (C=O) groups is 2. The smallest absolute Gasteiger partial charge is 0.320 e. The number of hydrogen-bond donors (Lipinski definition) is 2. The van der Waals surface area contributed by atoms with E-state index in [2.05, 4.69) is 9.47 Å². The van der Waals surface area contributed by atoms with Crippen molar-refractivity contribution in [3.63, 3.8) is 0 Å². The molecule has 0 aliphatic carbocycles. The van der Waals surface area contributed by atoms with Crippen LogP contribution in [0.5, 0.6) is 0 Å². The summed E-state index contributed by atoms with van der Waals surface area (Å²) in [7, 11) is 1.56. The molecular formula is C9H17NO6. The third kappa shape index (κ3) is 8.16. The molecule has 0 radical (unpaired) electrons. The Balaban J connectivity index is 3.67. The number of nitrogens with zero attached hydrogens (tertiary/aromatic N) is 1. The molecule has 0 aliphatic heterocycles. The largest absolute Gasteiger partial charge is 0.462 e. The van der Waals surface area contributed by atoms with Gasteiger partial charge in [0, 0.05) is 0 Å². The van der Waals surface area contributed by atoms with Gasteiger partial charge in [0.25, 0.3) is 0 Å². The van der Waals surface area contributed by atoms with Gasteiger partial charge in [-0.2, -0.15) is 0 Å². The average Bonchev–Trinajstić information content (AvgIpc) is 2.23. The van der Waals surface area contributed by atoms with Crippen LogP contribution in [0, 0.1) is 0 Å². The Bertz CT molecular complexity index is 198. The minimum Gasteiger partial charge on any atom is -0.462 e. The van der Waals surface area contributed by atoms with Gasteiger partial charge in [0.1, 0.15) is 13.2 Å². The van der Waals surface area contributed by atoms with E-state index in [4.69, 9.17) is 10.2 Å². The van der Waals surface area contributed by atoms with Crippen molar-refractivity contribution in [2.75, 3.05) is 46.6 Å². The quantitative estimate of drug-likeness (QED) is 0.469. The molecule has 0 rings (SSSR count). The molecule has 0 spiro atoms. The Labute approximate surface area is 93.6 Å². The standard InChI is InChI=1S/C9H17NO6/c1-10(6-8(13)15-4-2-11)7-9(14)16-5-3-12/h11-12H,2-7H2,1H3. The summed E-state index contributed by atoms with van der Waals surface area (Å²) in [6, 6.07) is 0. The lowest BCUT2D eigenvalue weighted by atomic mass is 10.5. The average molecular weight is 235 g/mol. The number of ether oxygens (including phenoxy) is 2. The van der Waals surface area contributed by atoms with Crippen LogP contribution in [0.25, 0.3) is 0 Å². The molecule has 7 heteroatoms. The molecule has 0 aromatic rings. The van der Waals surface area contributed by atoms with Gasteiger partial charge in [-0.1, -0.05) is 0 Å². The predicted molar refractivity (Wildman–Crippen MR) is 53.6 cm³/mol. The summed E-state index contributed by atoms with van der Waals surface area (Å²) in [4.78, 5) is 23.5. The van der Waals surface area contributed by atoms with Gasteiger partial charge in [-0.25, -0.2) is 0 Å². The number of aliphatic hydroxyl groups excluding tert-OH is 2. The fourth-order valence-corrected chi connectivity index (χ4v) is 0.907. The summed E-state index contributed by atoms with van der Waals surface area (Å²) >= 11 is 0. The lowest BCUT2D eigenvalue weighted by molar-refractivity contribution is -0.149. The molecule has 16 heavy (non-hydrogen) atoms. The minimum atomic E-state index is -0.522. The number of likely N-dealkylation sites (N-methyl/N-ethyl adjacent to an activating group) is 1. The summed E-state index contributed by atoms with van der Waals surface area (Å²) in [6.07, 6.45) is 0. The van der Waals surface area contributed by atoms with Crippen LogP contribution in [0.2, 0.25) is 0 Å². The van der Waals surface area contributed by atoms with Gasteiger partial charge in [0.15, 0.2) is 0 Å². The van der Waals surface area contributed by atoms with Gasteiger partial charge >= 0.3 is 11.9 Å². The van der Waals surface area contributed by atoms with E-state index in [9.17, 15) is 9.59 Å². The fourth-order valence-electron chi connectivity index (χ4n) is 0.907. The summed E-state index contributed by atoms with van der Waals surface area (Å²) < 4.78 is 9.20. The number of hydrogen-bond acceptors (Lipinski definition) is 7. The first-order valence-corrected chi connectivity index (χ1v) is 4.81. The first kappa shape index (κ1) is 14.8. The molecule has 0 aromatic heterocycles. The molecule has 0 fully saturated rings. The molecule has 0 atom stereocenters. The molecule has 0 heterocycles. The van der Waals surface area contributed by atoms with E-state index in [0.717, 1.165) is 0 Å². The van der Waals surface area contributed by atoms with Crippen molar-refractivity contribution in [2.24, 2.45) is 0 Å². The number of esters is 2. The first-order chi connectivity index (χ1) is 7.60. The molecular weight excluding hydrogens is 218 g/mol. The van der Waals surface area contributed by atoms with E-state index in [1.54, 1.807) is 7.05 Å². The van der Waals surface area contributed by atoms with Crippen LogP contribution in [-0.4, -0.2) is 73.6 Å². The van der Waals surface area contributed by atoms with Gasteiger partial charge in [-0.15, -0.1) is 0 Å². The number of rotatable bonds is 8. The summed E-state index contributed by atoms with van der Waals surface area (Å²) in [5, 5.41) is 16.8. The predicted octanol–water partition coefficient (Wildman–Crippen LogP) is -2.01. The zero-order valence-corrected chi connectivity index (χ0v) is 9.22. The molecule has 0 amide bonds. The Morgan fingerprint density at radius 2 is 1.38 bits per heavy atom. The Kier molecular flexibility index (Phi) is 8.41. The normalized spacial score (nSPS) is 10.2. The summed E-state index contributed by atoms with van der Waals surface area (Å²) in [5.74, 6) is -1.04. The topological polar surface area (TPSA) is 96.3 Å². The van der Waals surface area contributed by atoms with E-state index < -0.39 is 11.9 Å². The molecule has 0 bridgehead atoms. The van der Waals surface area contributed by atoms with Crippen molar-refractivity contribution < 1.29 is 29.3 Å². The zero-order valence-electron chi connectivity index (χ0n) is 9.22. The van der Waals surface area contributed by atoms with Crippen molar-refractivity contribution in [2.45, 2.75) is 0 Å². The van der Waals surface area contributed by atoms with Gasteiger partial charge in [-0.3, -0.25) is 14.5 Å². The SMILES string of the molecule is CN(CC(=O)OCCO)CC(=O)OCCO. The van der Waals surface area contributed by atoms with Crippen LogP contribution in [0.1, 0.15) is 0 Å². The maximum atomic E-state index is 11.0. The van der Waals surface area contributed by atoms with E-state index in [0.29, 0.717) is 0 Å². The molecule has 7 nitrogen and oxygen atoms in total. The molecule has 2 N–H and O–H groups in total. The van der Waals surface area contributed by atoms with Gasteiger partial charge in [0.05, 0.1) is 26.3 Å². The van der Waals surface area contributed by atoms with Crippen molar-refractivity contribution in [1.82, 2.24) is 4.90 Å². The second-order valence-electron chi connectivity index (χ2n) is 3.06. The highest BCUT2D eigenvalue weighted by atomic mass is 16.5. The van der Waals surface area contributed by atoms with Crippen molar-refractivity contribution in [3.8, 4) is 0 Å². The summed E-state index contributed by atoms with van der Waals surface area (Å²) in [5.41, 5.74) is 0. The van der Waals surface area contributed by atoms with Gasteiger partial charge < -0.3 is 19.7 Å². The van der Waals surface area contributed by atoms with Crippen LogP contribution in [0.4, 0.5) is 0 Å². The first-order valence-electron chi connectivity index (χ1n) is 4.81. The highest BCUT2D eigenvalue weighted by molar-refractivity contribution is 5.74. The molecule has 0 aliphatic rings. The van der Waals surface area contributed by atoms with Crippen molar-refractivity contribution in [1.29, 1.82) is 0 Å². The Morgan fingerprint density at radius 3 is 1.69 bits per heavy atom. The minimum absolute atomic E-state index is 0.0539. The second kappa shape index (κ2) is 9.08. The third-order valence-electron chi connectivity index (χ3n) is 1.51. The monoisotopic (exact) mass is 235 g/mol. The van der Waals surface area contributed by atoms with Crippen LogP contribution in [0.15, 0.2) is 0 Å². The molecule has 0 saturated carbocycles. The highest BCUT2D eigenvalue weighted by Crippen LogP contribution is 1.88. The molecule has 0 aromatic carbocycles. The van der Waals surface area contributed by atoms with Crippen LogP contribution in [-0.2, 0) is 19.1 Å². The second-order valence-corrected chi connectivity index (χ2v) is 3.06. The Morgan fingerprint density at radius 1 is 1.00 bits per heavy atom. The van der Waals surface area contributed by atoms with Crippen molar-refractivity contribution >= 4 is 11.9 Å². The van der Waals surface area contributed by atoms with E-state index in [-0.39, 0.29) is 39.5 Å². The summed E-state index contributed by atoms with van der Waals surface area (Å²) in [6.45, 7) is -0.687. The van der Waals surface area contributed by atoms with Crippen LogP contribution < -0.4 is 0 Å². The fraction of sp³-hybridized carbons (Fsp3) is 0.778. The van der Waals surface area contributed by atoms with E-state index in [1.165, 1.54) is 4.90 Å². The molecule has 0 unspecified atom stereocenters. The van der Waals surface area contributed by atoms with E-state index in [1.807, 2.05) is 0 Å². The van der Waals surface area contributed by atoms with Gasteiger partial charge in [-0.05, 0) is 7.05 Å². The molecule has 94 valence electrons. The lowest BCUT2D eigenvalue weighted by Crippen LogP contribution is -2.33. The number of aliphatic hydroxyl groups is 2. The van der Waals surface area contributed by atoms with E-state index >= 15 is 0 Å². The highest BCUT2D eigenvalue weighted by Gasteiger charge is 2.12. The van der Waals surface area contributed by atoms with Crippen LogP contribution in [0.3, 0.4) is 0 Å². The third-order valence-corrected chi connectivity index (χ3v) is 1.51. The number of carbonyl (C=O) groups excluding carboxylic acids is 2. The maximum Gasteiger partial charge on any atom is 0.320 e. The Hall–Kier alpha value is -1.18. The van der Waals surface area contributed by atoms with Crippen LogP contribution >= 0.6 is 0 Å². The van der Waals surface area contributed by atoms with Crippen molar-refractivity contribution in [3.05, 3.63) is 0 Å². The molecule has 0 saturated heterocycles. The maximum absolute atomic E-state index is 11.0. The zero-order chi connectivity index (χ0) is 12.4.